The molecule has 0 radical (unpaired) electrons. The van der Waals surface area contributed by atoms with Gasteiger partial charge in [-0.05, 0) is 18.6 Å². The van der Waals surface area contributed by atoms with E-state index in [0.717, 1.165) is 6.42 Å². The van der Waals surface area contributed by atoms with E-state index in [1.165, 1.54) is 12.1 Å². The molecular formula is C13H19FN2O2. The lowest BCUT2D eigenvalue weighted by Crippen LogP contribution is -2.37. The number of amides is 1. The first kappa shape index (κ1) is 14.4. The highest BCUT2D eigenvalue weighted by Crippen LogP contribution is 2.19. The molecule has 0 aliphatic rings. The molecule has 0 heterocycles. The standard InChI is InChI=1S/C13H19FN2O2/c1-4-9(8-18-3)16-13(17)10-6-5-7-11(14)12(10)15-2/h5-7,9,15H,4,8H2,1-3H3,(H,16,17). The number of anilines is 1. The number of nitrogens with one attached hydrogen (secondary N) is 2. The van der Waals surface area contributed by atoms with Gasteiger partial charge in [-0.3, -0.25) is 4.79 Å². The molecule has 18 heavy (non-hydrogen) atoms. The average Bonchev–Trinajstić information content (AvgIpc) is 2.37. The molecule has 4 nitrogen and oxygen atoms in total. The number of benzene rings is 1. The number of methoxy groups -OCH3 is 1. The van der Waals surface area contributed by atoms with Gasteiger partial charge in [0.2, 0.25) is 0 Å². The van der Waals surface area contributed by atoms with Gasteiger partial charge in [0.15, 0.2) is 0 Å². The Morgan fingerprint density at radius 1 is 1.50 bits per heavy atom. The number of ether oxygens (including phenoxy) is 1. The van der Waals surface area contributed by atoms with Crippen molar-refractivity contribution in [3.05, 3.63) is 29.6 Å². The number of rotatable bonds is 6. The van der Waals surface area contributed by atoms with Crippen molar-refractivity contribution in [2.45, 2.75) is 19.4 Å². The number of hydrogen-bond acceptors (Lipinski definition) is 3. The number of halogens is 1. The van der Waals surface area contributed by atoms with Gasteiger partial charge < -0.3 is 15.4 Å². The van der Waals surface area contributed by atoms with Crippen LogP contribution in [0.5, 0.6) is 0 Å². The van der Waals surface area contributed by atoms with E-state index < -0.39 is 5.82 Å². The van der Waals surface area contributed by atoms with Crippen LogP contribution in [0.4, 0.5) is 10.1 Å². The molecule has 1 aromatic rings. The molecule has 0 fully saturated rings. The van der Waals surface area contributed by atoms with Gasteiger partial charge in [-0.25, -0.2) is 4.39 Å². The van der Waals surface area contributed by atoms with E-state index in [4.69, 9.17) is 4.74 Å². The summed E-state index contributed by atoms with van der Waals surface area (Å²) in [6.07, 6.45) is 0.754. The maximum absolute atomic E-state index is 13.5. The Balaban J connectivity index is 2.87. The molecule has 0 bridgehead atoms. The number of para-hydroxylation sites is 1. The van der Waals surface area contributed by atoms with E-state index in [9.17, 15) is 9.18 Å². The molecule has 0 aliphatic heterocycles. The lowest BCUT2D eigenvalue weighted by Gasteiger charge is -2.17. The van der Waals surface area contributed by atoms with Crippen LogP contribution in [-0.2, 0) is 4.74 Å². The molecule has 0 aromatic heterocycles. The zero-order valence-electron chi connectivity index (χ0n) is 10.9. The van der Waals surface area contributed by atoms with E-state index >= 15 is 0 Å². The number of hydrogen-bond donors (Lipinski definition) is 2. The largest absolute Gasteiger partial charge is 0.385 e. The van der Waals surface area contributed by atoms with Crippen LogP contribution in [0.25, 0.3) is 0 Å². The van der Waals surface area contributed by atoms with Crippen molar-refractivity contribution < 1.29 is 13.9 Å². The molecule has 5 heteroatoms. The summed E-state index contributed by atoms with van der Waals surface area (Å²) < 4.78 is 18.5. The minimum Gasteiger partial charge on any atom is -0.385 e. The first-order chi connectivity index (χ1) is 8.63. The summed E-state index contributed by atoms with van der Waals surface area (Å²) in [5.41, 5.74) is 0.509. The molecule has 0 aliphatic carbocycles. The third kappa shape index (κ3) is 3.43. The normalized spacial score (nSPS) is 12.0. The molecule has 1 amide bonds. The van der Waals surface area contributed by atoms with Crippen molar-refractivity contribution in [1.29, 1.82) is 0 Å². The van der Waals surface area contributed by atoms with E-state index in [1.54, 1.807) is 20.2 Å². The lowest BCUT2D eigenvalue weighted by atomic mass is 10.1. The summed E-state index contributed by atoms with van der Waals surface area (Å²) in [6.45, 7) is 2.39. The van der Waals surface area contributed by atoms with Crippen molar-refractivity contribution in [1.82, 2.24) is 5.32 Å². The second kappa shape index (κ2) is 6.96. The predicted octanol–water partition coefficient (Wildman–Crippen LogP) is 2.02. The highest BCUT2D eigenvalue weighted by atomic mass is 19.1. The first-order valence-corrected chi connectivity index (χ1v) is 5.90. The molecule has 1 rings (SSSR count). The van der Waals surface area contributed by atoms with Crippen LogP contribution in [0, 0.1) is 5.82 Å². The molecular weight excluding hydrogens is 235 g/mol. The summed E-state index contributed by atoms with van der Waals surface area (Å²) in [7, 11) is 3.16. The van der Waals surface area contributed by atoms with Crippen molar-refractivity contribution in [2.75, 3.05) is 26.1 Å². The van der Waals surface area contributed by atoms with Gasteiger partial charge in [-0.1, -0.05) is 13.0 Å². The smallest absolute Gasteiger partial charge is 0.253 e. The van der Waals surface area contributed by atoms with Crippen LogP contribution in [0.1, 0.15) is 23.7 Å². The molecule has 100 valence electrons. The highest BCUT2D eigenvalue weighted by molar-refractivity contribution is 5.99. The molecule has 0 saturated carbocycles. The van der Waals surface area contributed by atoms with Gasteiger partial charge in [0.05, 0.1) is 23.9 Å². The fourth-order valence-electron chi connectivity index (χ4n) is 1.69. The van der Waals surface area contributed by atoms with Crippen LogP contribution in [-0.4, -0.2) is 32.7 Å². The van der Waals surface area contributed by atoms with Gasteiger partial charge in [0.25, 0.3) is 5.91 Å². The summed E-state index contributed by atoms with van der Waals surface area (Å²) in [5.74, 6) is -0.743. The molecule has 1 aromatic carbocycles. The second-order valence-electron chi connectivity index (χ2n) is 3.95. The second-order valence-corrected chi connectivity index (χ2v) is 3.95. The van der Waals surface area contributed by atoms with Crippen molar-refractivity contribution >= 4 is 11.6 Å². The quantitative estimate of drug-likeness (QED) is 0.816. The lowest BCUT2D eigenvalue weighted by molar-refractivity contribution is 0.0895. The van der Waals surface area contributed by atoms with Gasteiger partial charge >= 0.3 is 0 Å². The Hall–Kier alpha value is -1.62. The summed E-state index contributed by atoms with van der Waals surface area (Å²) in [5, 5.41) is 5.52. The zero-order chi connectivity index (χ0) is 13.5. The Kier molecular flexibility index (Phi) is 5.58. The number of carbonyl (C=O) groups excluding carboxylic acids is 1. The molecule has 1 atom stereocenters. The monoisotopic (exact) mass is 254 g/mol. The van der Waals surface area contributed by atoms with Gasteiger partial charge in [-0.15, -0.1) is 0 Å². The van der Waals surface area contributed by atoms with E-state index in [-0.39, 0.29) is 17.6 Å². The SMILES string of the molecule is CCC(COC)NC(=O)c1cccc(F)c1NC. The summed E-state index contributed by atoms with van der Waals surface area (Å²) >= 11 is 0. The molecule has 0 saturated heterocycles. The first-order valence-electron chi connectivity index (χ1n) is 5.90. The van der Waals surface area contributed by atoms with Gasteiger partial charge in [0.1, 0.15) is 5.82 Å². The minimum absolute atomic E-state index is 0.0736. The topological polar surface area (TPSA) is 50.4 Å². The van der Waals surface area contributed by atoms with Gasteiger partial charge in [-0.2, -0.15) is 0 Å². The Labute approximate surface area is 107 Å². The fourth-order valence-corrected chi connectivity index (χ4v) is 1.69. The Bertz CT molecular complexity index is 410. The van der Waals surface area contributed by atoms with Crippen molar-refractivity contribution in [2.24, 2.45) is 0 Å². The van der Waals surface area contributed by atoms with E-state index in [2.05, 4.69) is 10.6 Å². The van der Waals surface area contributed by atoms with Crippen molar-refractivity contribution in [3.63, 3.8) is 0 Å². The van der Waals surface area contributed by atoms with E-state index in [0.29, 0.717) is 12.2 Å². The highest BCUT2D eigenvalue weighted by Gasteiger charge is 2.16. The maximum Gasteiger partial charge on any atom is 0.253 e. The van der Waals surface area contributed by atoms with Crippen LogP contribution >= 0.6 is 0 Å². The van der Waals surface area contributed by atoms with Crippen LogP contribution in [0.15, 0.2) is 18.2 Å². The molecule has 0 spiro atoms. The minimum atomic E-state index is -0.440. The summed E-state index contributed by atoms with van der Waals surface area (Å²) in [6, 6.07) is 4.34. The fraction of sp³-hybridized carbons (Fsp3) is 0.462. The third-order valence-electron chi connectivity index (χ3n) is 2.70. The predicted molar refractivity (Wildman–Crippen MR) is 69.4 cm³/mol. The van der Waals surface area contributed by atoms with Crippen LogP contribution in [0.2, 0.25) is 0 Å². The van der Waals surface area contributed by atoms with E-state index in [1.807, 2.05) is 6.92 Å². The summed E-state index contributed by atoms with van der Waals surface area (Å²) in [4.78, 5) is 12.0. The Morgan fingerprint density at radius 3 is 2.78 bits per heavy atom. The number of carbonyl (C=O) groups is 1. The van der Waals surface area contributed by atoms with Crippen molar-refractivity contribution in [3.8, 4) is 0 Å². The molecule has 1 unspecified atom stereocenters. The van der Waals surface area contributed by atoms with Crippen LogP contribution in [0.3, 0.4) is 0 Å². The van der Waals surface area contributed by atoms with Crippen LogP contribution < -0.4 is 10.6 Å². The third-order valence-corrected chi connectivity index (χ3v) is 2.70. The molecule has 2 N–H and O–H groups in total. The average molecular weight is 254 g/mol. The zero-order valence-corrected chi connectivity index (χ0v) is 10.9. The van der Waals surface area contributed by atoms with Gasteiger partial charge in [0, 0.05) is 14.2 Å². The maximum atomic E-state index is 13.5. The Morgan fingerprint density at radius 2 is 2.22 bits per heavy atom.